The fraction of sp³-hybridized carbons (Fsp3) is 0.167. The van der Waals surface area contributed by atoms with E-state index in [-0.39, 0.29) is 23.6 Å². The SMILES string of the molecule is C=CCN(c1ccc(Cl)cc1)S(=O)(=O)c1cccc(C(=O)OCC)c1. The third-order valence-corrected chi connectivity index (χ3v) is 5.38. The lowest BCUT2D eigenvalue weighted by Crippen LogP contribution is -2.31. The number of hydrogen-bond donors (Lipinski definition) is 0. The number of carbonyl (C=O) groups excluding carboxylic acids is 1. The molecule has 0 atom stereocenters. The van der Waals surface area contributed by atoms with E-state index in [1.165, 1.54) is 34.6 Å². The molecule has 0 aliphatic rings. The van der Waals surface area contributed by atoms with Gasteiger partial charge in [0.2, 0.25) is 0 Å². The van der Waals surface area contributed by atoms with Crippen LogP contribution in [0.5, 0.6) is 0 Å². The highest BCUT2D eigenvalue weighted by Gasteiger charge is 2.25. The van der Waals surface area contributed by atoms with Gasteiger partial charge in [-0.2, -0.15) is 0 Å². The van der Waals surface area contributed by atoms with E-state index < -0.39 is 16.0 Å². The number of ether oxygens (including phenoxy) is 1. The predicted molar refractivity (Wildman–Crippen MR) is 98.6 cm³/mol. The number of sulfonamides is 1. The van der Waals surface area contributed by atoms with Gasteiger partial charge in [-0.25, -0.2) is 13.2 Å². The van der Waals surface area contributed by atoms with Crippen molar-refractivity contribution >= 4 is 33.3 Å². The molecule has 2 rings (SSSR count). The van der Waals surface area contributed by atoms with Gasteiger partial charge < -0.3 is 4.74 Å². The molecule has 0 unspecified atom stereocenters. The van der Waals surface area contributed by atoms with E-state index in [9.17, 15) is 13.2 Å². The predicted octanol–water partition coefficient (Wildman–Crippen LogP) is 3.90. The summed E-state index contributed by atoms with van der Waals surface area (Å²) in [4.78, 5) is 11.9. The van der Waals surface area contributed by atoms with Crippen molar-refractivity contribution < 1.29 is 17.9 Å². The van der Waals surface area contributed by atoms with E-state index in [1.807, 2.05) is 0 Å². The maximum absolute atomic E-state index is 13.0. The Morgan fingerprint density at radius 1 is 1.24 bits per heavy atom. The van der Waals surface area contributed by atoms with Crippen molar-refractivity contribution in [3.63, 3.8) is 0 Å². The quantitative estimate of drug-likeness (QED) is 0.540. The third kappa shape index (κ3) is 4.41. The Kier molecular flexibility index (Phi) is 6.22. The lowest BCUT2D eigenvalue weighted by molar-refractivity contribution is 0.0526. The first-order valence-electron chi connectivity index (χ1n) is 7.56. The molecule has 0 amide bonds. The van der Waals surface area contributed by atoms with E-state index in [0.29, 0.717) is 10.7 Å². The molecule has 132 valence electrons. The zero-order valence-corrected chi connectivity index (χ0v) is 15.3. The highest BCUT2D eigenvalue weighted by Crippen LogP contribution is 2.25. The van der Waals surface area contributed by atoms with Gasteiger partial charge in [-0.1, -0.05) is 23.7 Å². The van der Waals surface area contributed by atoms with Crippen LogP contribution in [-0.4, -0.2) is 27.5 Å². The second kappa shape index (κ2) is 8.18. The van der Waals surface area contributed by atoms with Crippen LogP contribution in [0.1, 0.15) is 17.3 Å². The summed E-state index contributed by atoms with van der Waals surface area (Å²) in [5.41, 5.74) is 0.628. The average Bonchev–Trinajstić information content (AvgIpc) is 2.61. The van der Waals surface area contributed by atoms with Crippen LogP contribution in [0.3, 0.4) is 0 Å². The summed E-state index contributed by atoms with van der Waals surface area (Å²) in [7, 11) is -3.89. The van der Waals surface area contributed by atoms with Crippen LogP contribution in [-0.2, 0) is 14.8 Å². The molecule has 0 aromatic heterocycles. The second-order valence-electron chi connectivity index (χ2n) is 5.05. The smallest absolute Gasteiger partial charge is 0.338 e. The summed E-state index contributed by atoms with van der Waals surface area (Å²) in [5, 5.41) is 0.504. The standard InChI is InChI=1S/C18H18ClNO4S/c1-3-12-20(16-10-8-15(19)9-11-16)25(22,23)17-7-5-6-14(13-17)18(21)24-4-2/h3,5-11,13H,1,4,12H2,2H3. The van der Waals surface area contributed by atoms with E-state index in [1.54, 1.807) is 31.2 Å². The van der Waals surface area contributed by atoms with Crippen molar-refractivity contribution in [1.29, 1.82) is 0 Å². The van der Waals surface area contributed by atoms with Gasteiger partial charge in [0, 0.05) is 5.02 Å². The van der Waals surface area contributed by atoms with Gasteiger partial charge in [-0.3, -0.25) is 4.31 Å². The number of anilines is 1. The van der Waals surface area contributed by atoms with E-state index in [0.717, 1.165) is 0 Å². The van der Waals surface area contributed by atoms with Crippen LogP contribution in [0.15, 0.2) is 66.1 Å². The Labute approximate surface area is 152 Å². The number of rotatable bonds is 7. The largest absolute Gasteiger partial charge is 0.462 e. The van der Waals surface area contributed by atoms with Gasteiger partial charge in [0.15, 0.2) is 0 Å². The normalized spacial score (nSPS) is 11.0. The number of nitrogens with zero attached hydrogens (tertiary/aromatic N) is 1. The minimum absolute atomic E-state index is 0.00477. The minimum atomic E-state index is -3.89. The molecule has 5 nitrogen and oxygen atoms in total. The molecular weight excluding hydrogens is 362 g/mol. The zero-order chi connectivity index (χ0) is 18.4. The number of hydrogen-bond acceptors (Lipinski definition) is 4. The fourth-order valence-corrected chi connectivity index (χ4v) is 3.80. The van der Waals surface area contributed by atoms with Crippen molar-refractivity contribution in [2.75, 3.05) is 17.5 Å². The first-order valence-corrected chi connectivity index (χ1v) is 9.38. The molecule has 0 saturated carbocycles. The maximum Gasteiger partial charge on any atom is 0.338 e. The highest BCUT2D eigenvalue weighted by atomic mass is 35.5. The molecule has 7 heteroatoms. The van der Waals surface area contributed by atoms with E-state index >= 15 is 0 Å². The van der Waals surface area contributed by atoms with Gasteiger partial charge in [0.25, 0.3) is 10.0 Å². The third-order valence-electron chi connectivity index (χ3n) is 3.34. The summed E-state index contributed by atoms with van der Waals surface area (Å²) in [5.74, 6) is -0.568. The Bertz CT molecular complexity index is 863. The van der Waals surface area contributed by atoms with Crippen molar-refractivity contribution in [1.82, 2.24) is 0 Å². The molecule has 0 aliphatic carbocycles. The summed E-state index contributed by atoms with van der Waals surface area (Å²) in [6, 6.07) is 12.2. The first kappa shape index (κ1) is 19.0. The molecule has 0 spiro atoms. The van der Waals surface area contributed by atoms with Crippen LogP contribution < -0.4 is 4.31 Å². The van der Waals surface area contributed by atoms with Crippen LogP contribution in [0.25, 0.3) is 0 Å². The summed E-state index contributed by atoms with van der Waals surface area (Å²) in [6.07, 6.45) is 1.49. The van der Waals surface area contributed by atoms with Crippen LogP contribution in [0.2, 0.25) is 5.02 Å². The Morgan fingerprint density at radius 3 is 2.52 bits per heavy atom. The number of benzene rings is 2. The Balaban J connectivity index is 2.46. The number of esters is 1. The molecule has 0 heterocycles. The van der Waals surface area contributed by atoms with Gasteiger partial charge in [-0.15, -0.1) is 6.58 Å². The van der Waals surface area contributed by atoms with Crippen molar-refractivity contribution in [3.8, 4) is 0 Å². The Morgan fingerprint density at radius 2 is 1.92 bits per heavy atom. The van der Waals surface area contributed by atoms with Crippen LogP contribution in [0.4, 0.5) is 5.69 Å². The second-order valence-corrected chi connectivity index (χ2v) is 7.35. The molecule has 0 aliphatic heterocycles. The van der Waals surface area contributed by atoms with Gasteiger partial charge in [0.05, 0.1) is 29.3 Å². The lowest BCUT2D eigenvalue weighted by atomic mass is 10.2. The minimum Gasteiger partial charge on any atom is -0.462 e. The van der Waals surface area contributed by atoms with Crippen LogP contribution >= 0.6 is 11.6 Å². The van der Waals surface area contributed by atoms with Crippen molar-refractivity contribution in [2.24, 2.45) is 0 Å². The molecule has 25 heavy (non-hydrogen) atoms. The van der Waals surface area contributed by atoms with Gasteiger partial charge >= 0.3 is 5.97 Å². The zero-order valence-electron chi connectivity index (χ0n) is 13.7. The molecule has 0 bridgehead atoms. The van der Waals surface area contributed by atoms with E-state index in [2.05, 4.69) is 6.58 Å². The molecular formula is C18H18ClNO4S. The van der Waals surface area contributed by atoms with E-state index in [4.69, 9.17) is 16.3 Å². The Hall–Kier alpha value is -2.31. The molecule has 0 N–H and O–H groups in total. The van der Waals surface area contributed by atoms with Crippen LogP contribution in [0, 0.1) is 0 Å². The lowest BCUT2D eigenvalue weighted by Gasteiger charge is -2.23. The van der Waals surface area contributed by atoms with Gasteiger partial charge in [0.1, 0.15) is 0 Å². The monoisotopic (exact) mass is 379 g/mol. The molecule has 2 aromatic rings. The first-order chi connectivity index (χ1) is 11.9. The molecule has 0 radical (unpaired) electrons. The number of carbonyl (C=O) groups is 1. The fourth-order valence-electron chi connectivity index (χ4n) is 2.19. The molecule has 0 fully saturated rings. The molecule has 0 saturated heterocycles. The topological polar surface area (TPSA) is 63.7 Å². The molecule has 2 aromatic carbocycles. The summed E-state index contributed by atoms with van der Waals surface area (Å²) in [6.45, 7) is 5.59. The van der Waals surface area contributed by atoms with Crippen molar-refractivity contribution in [3.05, 3.63) is 71.8 Å². The summed E-state index contributed by atoms with van der Waals surface area (Å²) >= 11 is 5.87. The maximum atomic E-state index is 13.0. The van der Waals surface area contributed by atoms with Crippen molar-refractivity contribution in [2.45, 2.75) is 11.8 Å². The highest BCUT2D eigenvalue weighted by molar-refractivity contribution is 7.92. The average molecular weight is 380 g/mol. The summed E-state index contributed by atoms with van der Waals surface area (Å²) < 4.78 is 32.2. The van der Waals surface area contributed by atoms with Gasteiger partial charge in [-0.05, 0) is 49.4 Å². The number of halogens is 1.